The molecule has 0 aliphatic rings. The highest BCUT2D eigenvalue weighted by molar-refractivity contribution is 7.94. The summed E-state index contributed by atoms with van der Waals surface area (Å²) >= 11 is -1.87. The fourth-order valence-electron chi connectivity index (χ4n) is 6.40. The molecule has 0 radical (unpaired) electrons. The third-order valence-corrected chi connectivity index (χ3v) is 13.2. The average molecular weight is 1160 g/mol. The van der Waals surface area contributed by atoms with Gasteiger partial charge in [0, 0.05) is 62.9 Å². The molecule has 0 saturated carbocycles. The van der Waals surface area contributed by atoms with Crippen LogP contribution in [0.15, 0.2) is 46.2 Å². The molecule has 9 unspecified atom stereocenters. The van der Waals surface area contributed by atoms with E-state index in [2.05, 4.69) is 55.2 Å². The van der Waals surface area contributed by atoms with Gasteiger partial charge in [0.05, 0.1) is 13.2 Å². The second-order valence-electron chi connectivity index (χ2n) is 16.0. The van der Waals surface area contributed by atoms with E-state index in [0.717, 1.165) is 40.2 Å². The van der Waals surface area contributed by atoms with Crippen molar-refractivity contribution in [2.75, 3.05) is 96.0 Å². The Morgan fingerprint density at radius 1 is 0.645 bits per heavy atom. The molecular weight excluding hydrogens is 1100 g/mol. The van der Waals surface area contributed by atoms with Crippen molar-refractivity contribution in [3.05, 3.63) is 47.5 Å². The lowest BCUT2D eigenvalue weighted by molar-refractivity contribution is -0.432. The van der Waals surface area contributed by atoms with Crippen molar-refractivity contribution in [2.45, 2.75) is 58.6 Å². The molecule has 2 heterocycles. The Balaban J connectivity index is 1.69. The highest BCUT2D eigenvalue weighted by Crippen LogP contribution is 2.29. The quantitative estimate of drug-likeness (QED) is 0.00320. The first-order chi connectivity index (χ1) is 35.7. The van der Waals surface area contributed by atoms with Gasteiger partial charge in [0.25, 0.3) is 20.2 Å². The first kappa shape index (κ1) is 63.3. The van der Waals surface area contributed by atoms with Gasteiger partial charge in [-0.05, 0) is 35.4 Å². The van der Waals surface area contributed by atoms with Crippen molar-refractivity contribution in [1.29, 1.82) is 0 Å². The summed E-state index contributed by atoms with van der Waals surface area (Å²) in [6.07, 6.45) is -12.9. The number of likely N-dealkylation sites (N-methyl/N-ethyl adjacent to an activating group) is 2. The minimum Gasteiger partial charge on any atom is -0.394 e. The van der Waals surface area contributed by atoms with Crippen molar-refractivity contribution in [1.82, 2.24) is 29.9 Å². The molecule has 34 nitrogen and oxygen atoms in total. The molecule has 0 saturated heterocycles. The maximum absolute atomic E-state index is 12.8. The highest BCUT2D eigenvalue weighted by Gasteiger charge is 2.33. The standard InChI is InChI=1S/C38H56N12O22S4/c1-48(13-23(54)29(58)31(60)25(56)15-51)36-43-33(39-9-10-73-72-71-62)42-34(44-36)40-21-7-5-19(27(11-21)75(65,66)67)3-4-20-6-8-22(12-28(20)76(68,69)70)41-35-45-37(47-38(46-35)50(17-53)18-74(63)64)49(2)14-24(55)30(59)32(61)26(57)16-52/h3-8,11-12,23-26,29-32,51-62H,9-10,13-18H2,1-2H3,(H,63,64)(H,65,66,67)(H,68,69,70)(H,41,45,46,47)(H2,39,40,42,43,44). The van der Waals surface area contributed by atoms with Gasteiger partial charge in [-0.2, -0.15) is 46.7 Å². The van der Waals surface area contributed by atoms with Gasteiger partial charge in [0.15, 0.2) is 11.1 Å². The van der Waals surface area contributed by atoms with Gasteiger partial charge in [0.1, 0.15) is 71.2 Å². The van der Waals surface area contributed by atoms with Crippen LogP contribution >= 0.6 is 12.0 Å². The molecule has 0 amide bonds. The lowest BCUT2D eigenvalue weighted by atomic mass is 10.0. The first-order valence-electron chi connectivity index (χ1n) is 21.5. The molecule has 38 heteroatoms. The average Bonchev–Trinajstić information content (AvgIpc) is 3.37. The largest absolute Gasteiger partial charge is 0.394 e. The molecule has 9 atom stereocenters. The zero-order chi connectivity index (χ0) is 56.7. The minimum atomic E-state index is -5.12. The number of aliphatic hydroxyl groups is 11. The van der Waals surface area contributed by atoms with Gasteiger partial charge in [-0.15, -0.1) is 4.33 Å². The molecule has 0 fully saturated rings. The third kappa shape index (κ3) is 18.4. The van der Waals surface area contributed by atoms with Gasteiger partial charge < -0.3 is 91.4 Å². The summed E-state index contributed by atoms with van der Waals surface area (Å²) in [5, 5.41) is 130. The number of hydrogen-bond acceptors (Lipinski definition) is 32. The molecule has 0 bridgehead atoms. The number of nitrogens with zero attached hydrogens (tertiary/aromatic N) is 9. The van der Waals surface area contributed by atoms with Crippen LogP contribution in [0.5, 0.6) is 0 Å². The summed E-state index contributed by atoms with van der Waals surface area (Å²) in [6, 6.07) is 6.70. The summed E-state index contributed by atoms with van der Waals surface area (Å²) < 4.78 is 97.2. The Hall–Kier alpha value is -5.28. The zero-order valence-electron chi connectivity index (χ0n) is 39.6. The summed E-state index contributed by atoms with van der Waals surface area (Å²) in [6.45, 7) is -3.76. The van der Waals surface area contributed by atoms with Crippen LogP contribution in [0.2, 0.25) is 0 Å². The van der Waals surface area contributed by atoms with Crippen molar-refractivity contribution in [3.63, 3.8) is 0 Å². The number of hydrogen-bond donors (Lipinski definition) is 18. The second kappa shape index (κ2) is 28.9. The van der Waals surface area contributed by atoms with E-state index in [9.17, 15) is 80.7 Å². The fraction of sp³-hybridized carbons (Fsp3) is 0.474. The van der Waals surface area contributed by atoms with Crippen molar-refractivity contribution >= 4 is 103 Å². The zero-order valence-corrected chi connectivity index (χ0v) is 42.9. The van der Waals surface area contributed by atoms with Crippen molar-refractivity contribution in [3.8, 4) is 0 Å². The highest BCUT2D eigenvalue weighted by atomic mass is 32.2. The number of anilines is 8. The Morgan fingerprint density at radius 2 is 1.07 bits per heavy atom. The van der Waals surface area contributed by atoms with Crippen molar-refractivity contribution in [2.24, 2.45) is 0 Å². The number of rotatable bonds is 32. The Kier molecular flexibility index (Phi) is 24.1. The van der Waals surface area contributed by atoms with Crippen LogP contribution in [-0.4, -0.2) is 240 Å². The minimum absolute atomic E-state index is 0.0711. The Bertz CT molecular complexity index is 2820. The smallest absolute Gasteiger partial charge is 0.295 e. The second-order valence-corrected chi connectivity index (χ2v) is 20.4. The molecule has 0 aliphatic carbocycles. The summed E-state index contributed by atoms with van der Waals surface area (Å²) in [7, 11) is -7.56. The van der Waals surface area contributed by atoms with Gasteiger partial charge in [-0.25, -0.2) is 9.47 Å². The van der Waals surface area contributed by atoms with Crippen LogP contribution in [0.1, 0.15) is 11.1 Å². The van der Waals surface area contributed by atoms with Crippen LogP contribution in [-0.2, 0) is 40.7 Å². The lowest BCUT2D eigenvalue weighted by Gasteiger charge is -2.29. The molecule has 2 aromatic carbocycles. The predicted octanol–water partition coefficient (Wildman–Crippen LogP) is -4.63. The molecule has 0 spiro atoms. The van der Waals surface area contributed by atoms with E-state index in [-0.39, 0.29) is 58.6 Å². The number of benzene rings is 2. The van der Waals surface area contributed by atoms with Crippen LogP contribution < -0.4 is 30.7 Å². The molecule has 18 N–H and O–H groups in total. The van der Waals surface area contributed by atoms with E-state index in [1.54, 1.807) is 0 Å². The van der Waals surface area contributed by atoms with Crippen LogP contribution in [0, 0.1) is 0 Å². The van der Waals surface area contributed by atoms with Crippen LogP contribution in [0.3, 0.4) is 0 Å². The molecule has 4 aromatic rings. The van der Waals surface area contributed by atoms with Crippen LogP contribution in [0.25, 0.3) is 12.2 Å². The Morgan fingerprint density at radius 3 is 1.49 bits per heavy atom. The summed E-state index contributed by atoms with van der Waals surface area (Å²) in [4.78, 5) is 26.7. The number of aliphatic hydroxyl groups excluding tert-OH is 11. The van der Waals surface area contributed by atoms with E-state index in [1.807, 2.05) is 0 Å². The SMILES string of the molecule is CN(CC(O)C(O)C(O)C(O)CO)c1nc(NCCSOOO)nc(Nc2ccc(C=Cc3ccc(Nc4nc(N(C)CC(O)C(O)C(O)C(O)CO)nc(N(CO)CS(=O)O)n4)cc3S(=O)(=O)O)c(S(=O)(=O)O)c2)n1. The van der Waals surface area contributed by atoms with Gasteiger partial charge in [-0.3, -0.25) is 9.11 Å². The fourth-order valence-corrected chi connectivity index (χ4v) is 8.58. The summed E-state index contributed by atoms with van der Waals surface area (Å²) in [5.41, 5.74) is -0.703. The van der Waals surface area contributed by atoms with E-state index in [1.165, 1.54) is 37.2 Å². The summed E-state index contributed by atoms with van der Waals surface area (Å²) in [5.74, 6) is -2.44. The monoisotopic (exact) mass is 1160 g/mol. The molecule has 424 valence electrons. The van der Waals surface area contributed by atoms with E-state index < -0.39 is 141 Å². The van der Waals surface area contributed by atoms with E-state index >= 15 is 0 Å². The normalized spacial score (nSPS) is 15.8. The topological polar surface area (TPSA) is 530 Å². The lowest BCUT2D eigenvalue weighted by Crippen LogP contribution is -2.49. The molecule has 4 rings (SSSR count). The van der Waals surface area contributed by atoms with E-state index in [0.29, 0.717) is 12.0 Å². The molecule has 76 heavy (non-hydrogen) atoms. The van der Waals surface area contributed by atoms with E-state index in [4.69, 9.17) is 15.5 Å². The number of nitrogens with one attached hydrogen (secondary N) is 3. The molecule has 2 aromatic heterocycles. The predicted molar refractivity (Wildman–Crippen MR) is 267 cm³/mol. The van der Waals surface area contributed by atoms with Gasteiger partial charge >= 0.3 is 0 Å². The maximum Gasteiger partial charge on any atom is 0.295 e. The van der Waals surface area contributed by atoms with Crippen LogP contribution in [0.4, 0.5) is 47.1 Å². The third-order valence-electron chi connectivity index (χ3n) is 10.3. The molecule has 0 aliphatic heterocycles. The first-order valence-corrected chi connectivity index (χ1v) is 26.6. The van der Waals surface area contributed by atoms with Gasteiger partial charge in [0.2, 0.25) is 35.7 Å². The van der Waals surface area contributed by atoms with Crippen molar-refractivity contribution < 1.29 is 106 Å². The Labute approximate surface area is 438 Å². The maximum atomic E-state index is 12.8. The van der Waals surface area contributed by atoms with Gasteiger partial charge in [-0.1, -0.05) is 29.3 Å². The molecular formula is C38H56N12O22S4. The number of aromatic nitrogens is 6.